The molecule has 1 aliphatic rings. The average Bonchev–Trinajstić information content (AvgIpc) is 2.80. The number of aromatic nitrogens is 3. The first-order valence-electron chi connectivity index (χ1n) is 10.8. The maximum absolute atomic E-state index is 12.4. The fourth-order valence-electron chi connectivity index (χ4n) is 3.85. The molecule has 1 fully saturated rings. The predicted octanol–water partition coefficient (Wildman–Crippen LogP) is 3.75. The number of ether oxygens (including phenoxy) is 1. The van der Waals surface area contributed by atoms with Crippen LogP contribution in [0.25, 0.3) is 0 Å². The van der Waals surface area contributed by atoms with Gasteiger partial charge < -0.3 is 15.4 Å². The van der Waals surface area contributed by atoms with Crippen LogP contribution in [0.15, 0.2) is 54.9 Å². The van der Waals surface area contributed by atoms with E-state index in [0.717, 1.165) is 54.6 Å². The van der Waals surface area contributed by atoms with Crippen LogP contribution < -0.4 is 15.4 Å². The number of carbonyl (C=O) groups excluding carboxylic acids is 1. The van der Waals surface area contributed by atoms with Gasteiger partial charge in [0.15, 0.2) is 0 Å². The molecule has 8 heteroatoms. The van der Waals surface area contributed by atoms with Gasteiger partial charge in [-0.1, -0.05) is 6.07 Å². The fraction of sp³-hybridized carbons (Fsp3) is 0.333. The number of nitrogens with zero attached hydrogens (tertiary/aromatic N) is 4. The summed E-state index contributed by atoms with van der Waals surface area (Å²) < 4.78 is 5.15. The minimum atomic E-state index is -0.00902. The van der Waals surface area contributed by atoms with Crippen LogP contribution in [0.2, 0.25) is 0 Å². The molecule has 166 valence electrons. The van der Waals surface area contributed by atoms with Crippen molar-refractivity contribution >= 4 is 23.2 Å². The van der Waals surface area contributed by atoms with Crippen LogP contribution in [0.5, 0.6) is 5.75 Å². The average molecular weight is 433 g/mol. The summed E-state index contributed by atoms with van der Waals surface area (Å²) >= 11 is 0. The van der Waals surface area contributed by atoms with Crippen molar-refractivity contribution in [3.63, 3.8) is 0 Å². The molecule has 0 saturated carbocycles. The molecule has 8 nitrogen and oxygen atoms in total. The van der Waals surface area contributed by atoms with Crippen LogP contribution in [0.3, 0.4) is 0 Å². The third kappa shape index (κ3) is 5.79. The van der Waals surface area contributed by atoms with Gasteiger partial charge in [-0.25, -0.2) is 9.97 Å². The maximum atomic E-state index is 12.4. The molecule has 1 saturated heterocycles. The van der Waals surface area contributed by atoms with Crippen molar-refractivity contribution in [3.05, 3.63) is 66.2 Å². The molecule has 4 rings (SSSR count). The van der Waals surface area contributed by atoms with E-state index < -0.39 is 0 Å². The number of rotatable bonds is 7. The molecular formula is C24H28N6O2. The summed E-state index contributed by atoms with van der Waals surface area (Å²) in [5.41, 5.74) is 2.70. The number of carbonyl (C=O) groups is 1. The lowest BCUT2D eigenvalue weighted by molar-refractivity contribution is -0.117. The monoisotopic (exact) mass is 432 g/mol. The SMILES string of the molecule is COc1ccc(NC(=O)CN2CCC(c3cncc(Nc4cccc(C)n4)n3)CC2)cc1. The maximum Gasteiger partial charge on any atom is 0.238 e. The van der Waals surface area contributed by atoms with E-state index in [1.54, 1.807) is 13.3 Å². The Balaban J connectivity index is 1.28. The summed E-state index contributed by atoms with van der Waals surface area (Å²) in [6.45, 7) is 4.03. The molecule has 3 heterocycles. The smallest absolute Gasteiger partial charge is 0.238 e. The molecule has 3 aromatic rings. The van der Waals surface area contributed by atoms with Gasteiger partial charge in [0.1, 0.15) is 17.4 Å². The van der Waals surface area contributed by atoms with E-state index in [4.69, 9.17) is 9.72 Å². The van der Waals surface area contributed by atoms with E-state index >= 15 is 0 Å². The van der Waals surface area contributed by atoms with Crippen molar-refractivity contribution in [1.29, 1.82) is 0 Å². The van der Waals surface area contributed by atoms with Crippen LogP contribution in [0, 0.1) is 6.92 Å². The molecule has 2 aromatic heterocycles. The standard InChI is InChI=1S/C24H28N6O2/c1-17-4-3-5-22(26-17)29-23-15-25-14-21(28-23)18-10-12-30(13-11-18)16-24(31)27-19-6-8-20(32-2)9-7-19/h3-9,14-15,18H,10-13,16H2,1-2H3,(H,27,31)(H,26,28,29). The molecule has 1 amide bonds. The quantitative estimate of drug-likeness (QED) is 0.587. The number of nitrogens with one attached hydrogen (secondary N) is 2. The summed E-state index contributed by atoms with van der Waals surface area (Å²) in [4.78, 5) is 28.2. The second-order valence-electron chi connectivity index (χ2n) is 7.95. The third-order valence-electron chi connectivity index (χ3n) is 5.54. The predicted molar refractivity (Wildman–Crippen MR) is 124 cm³/mol. The Morgan fingerprint density at radius 2 is 1.84 bits per heavy atom. The normalized spacial score (nSPS) is 14.7. The van der Waals surface area contributed by atoms with Gasteiger partial charge >= 0.3 is 0 Å². The van der Waals surface area contributed by atoms with E-state index in [0.29, 0.717) is 18.3 Å². The number of amides is 1. The molecule has 32 heavy (non-hydrogen) atoms. The lowest BCUT2D eigenvalue weighted by atomic mass is 9.94. The summed E-state index contributed by atoms with van der Waals surface area (Å²) in [5.74, 6) is 2.54. The third-order valence-corrected chi connectivity index (χ3v) is 5.54. The van der Waals surface area contributed by atoms with Crippen molar-refractivity contribution in [2.24, 2.45) is 0 Å². The Hall–Kier alpha value is -3.52. The van der Waals surface area contributed by atoms with Gasteiger partial charge in [-0.05, 0) is 69.3 Å². The highest BCUT2D eigenvalue weighted by molar-refractivity contribution is 5.92. The van der Waals surface area contributed by atoms with E-state index in [1.807, 2.05) is 55.6 Å². The summed E-state index contributed by atoms with van der Waals surface area (Å²) in [6, 6.07) is 13.2. The summed E-state index contributed by atoms with van der Waals surface area (Å²) in [7, 11) is 1.62. The first-order chi connectivity index (χ1) is 15.6. The first-order valence-corrected chi connectivity index (χ1v) is 10.8. The fourth-order valence-corrected chi connectivity index (χ4v) is 3.85. The number of anilines is 3. The first kappa shape index (κ1) is 21.7. The van der Waals surface area contributed by atoms with Gasteiger partial charge in [-0.15, -0.1) is 0 Å². The Kier molecular flexibility index (Phi) is 6.91. The highest BCUT2D eigenvalue weighted by Crippen LogP contribution is 2.27. The zero-order valence-corrected chi connectivity index (χ0v) is 18.4. The van der Waals surface area contributed by atoms with Gasteiger partial charge in [0.25, 0.3) is 0 Å². The summed E-state index contributed by atoms with van der Waals surface area (Å²) in [5, 5.41) is 6.18. The van der Waals surface area contributed by atoms with Gasteiger partial charge in [-0.3, -0.25) is 14.7 Å². The molecular weight excluding hydrogens is 404 g/mol. The largest absolute Gasteiger partial charge is 0.497 e. The number of benzene rings is 1. The van der Waals surface area contributed by atoms with E-state index in [1.165, 1.54) is 0 Å². The van der Waals surface area contributed by atoms with Crippen LogP contribution >= 0.6 is 0 Å². The van der Waals surface area contributed by atoms with Crippen molar-refractivity contribution in [1.82, 2.24) is 19.9 Å². The van der Waals surface area contributed by atoms with Crippen molar-refractivity contribution < 1.29 is 9.53 Å². The van der Waals surface area contributed by atoms with Gasteiger partial charge in [0.2, 0.25) is 5.91 Å². The van der Waals surface area contributed by atoms with Gasteiger partial charge in [-0.2, -0.15) is 0 Å². The molecule has 2 N–H and O–H groups in total. The highest BCUT2D eigenvalue weighted by Gasteiger charge is 2.23. The minimum absolute atomic E-state index is 0.00902. The van der Waals surface area contributed by atoms with Crippen molar-refractivity contribution in [2.45, 2.75) is 25.7 Å². The van der Waals surface area contributed by atoms with E-state index in [9.17, 15) is 4.79 Å². The zero-order valence-electron chi connectivity index (χ0n) is 18.4. The van der Waals surface area contributed by atoms with E-state index in [2.05, 4.69) is 25.5 Å². The number of pyridine rings is 1. The van der Waals surface area contributed by atoms with Crippen molar-refractivity contribution in [2.75, 3.05) is 37.4 Å². The molecule has 0 atom stereocenters. The van der Waals surface area contributed by atoms with Gasteiger partial charge in [0.05, 0.1) is 25.5 Å². The Labute approximate surface area is 188 Å². The van der Waals surface area contributed by atoms with Gasteiger partial charge in [0, 0.05) is 23.5 Å². The number of likely N-dealkylation sites (tertiary alicyclic amines) is 1. The summed E-state index contributed by atoms with van der Waals surface area (Å²) in [6.07, 6.45) is 5.44. The Morgan fingerprint density at radius 1 is 1.06 bits per heavy atom. The topological polar surface area (TPSA) is 92.3 Å². The molecule has 0 unspecified atom stereocenters. The van der Waals surface area contributed by atoms with E-state index in [-0.39, 0.29) is 5.91 Å². The molecule has 1 aliphatic heterocycles. The second-order valence-corrected chi connectivity index (χ2v) is 7.95. The second kappa shape index (κ2) is 10.2. The van der Waals surface area contributed by atoms with Crippen LogP contribution in [-0.2, 0) is 4.79 Å². The molecule has 1 aromatic carbocycles. The number of aryl methyl sites for hydroxylation is 1. The number of hydrogen-bond acceptors (Lipinski definition) is 7. The molecule has 0 radical (unpaired) electrons. The van der Waals surface area contributed by atoms with Crippen LogP contribution in [0.4, 0.5) is 17.3 Å². The van der Waals surface area contributed by atoms with Crippen LogP contribution in [-0.4, -0.2) is 52.5 Å². The zero-order chi connectivity index (χ0) is 22.3. The molecule has 0 spiro atoms. The lowest BCUT2D eigenvalue weighted by Crippen LogP contribution is -2.38. The number of methoxy groups -OCH3 is 1. The highest BCUT2D eigenvalue weighted by atomic mass is 16.5. The number of hydrogen-bond donors (Lipinski definition) is 2. The minimum Gasteiger partial charge on any atom is -0.497 e. The number of piperidine rings is 1. The molecule has 0 aliphatic carbocycles. The Morgan fingerprint density at radius 3 is 2.56 bits per heavy atom. The Bertz CT molecular complexity index is 1050. The van der Waals surface area contributed by atoms with Crippen molar-refractivity contribution in [3.8, 4) is 5.75 Å². The van der Waals surface area contributed by atoms with Crippen LogP contribution in [0.1, 0.15) is 30.1 Å². The lowest BCUT2D eigenvalue weighted by Gasteiger charge is -2.31. The molecule has 0 bridgehead atoms.